The van der Waals surface area contributed by atoms with E-state index in [1.54, 1.807) is 24.4 Å². The molecule has 0 saturated carbocycles. The molecule has 1 amide bonds. The van der Waals surface area contributed by atoms with E-state index in [1.807, 2.05) is 6.07 Å². The molecule has 4 heterocycles. The number of nitrogens with zero attached hydrogens (tertiary/aromatic N) is 3. The number of amides is 1. The molecule has 1 saturated heterocycles. The molecule has 7 heteroatoms. The second-order valence-electron chi connectivity index (χ2n) is 8.11. The fourth-order valence-electron chi connectivity index (χ4n) is 4.07. The number of aromatic nitrogens is 3. The summed E-state index contributed by atoms with van der Waals surface area (Å²) >= 11 is 0. The van der Waals surface area contributed by atoms with Gasteiger partial charge in [-0.15, -0.1) is 0 Å². The first-order valence-electron chi connectivity index (χ1n) is 10.1. The molecule has 0 aliphatic carbocycles. The van der Waals surface area contributed by atoms with E-state index in [1.165, 1.54) is 16.2 Å². The molecule has 3 aromatic heterocycles. The zero-order valence-electron chi connectivity index (χ0n) is 16.8. The van der Waals surface area contributed by atoms with Gasteiger partial charge < -0.3 is 10.3 Å². The number of benzene rings is 1. The molecule has 0 unspecified atom stereocenters. The predicted molar refractivity (Wildman–Crippen MR) is 115 cm³/mol. The Balaban J connectivity index is 1.28. The highest BCUT2D eigenvalue weighted by atomic mass is 16.2. The summed E-state index contributed by atoms with van der Waals surface area (Å²) in [6.07, 6.45) is 1.63. The molecule has 0 bridgehead atoms. The van der Waals surface area contributed by atoms with Crippen molar-refractivity contribution in [1.82, 2.24) is 24.6 Å². The van der Waals surface area contributed by atoms with Gasteiger partial charge in [-0.05, 0) is 41.1 Å². The van der Waals surface area contributed by atoms with Crippen molar-refractivity contribution in [3.05, 3.63) is 82.0 Å². The number of pyridine rings is 1. The highest BCUT2D eigenvalue weighted by molar-refractivity contribution is 5.92. The lowest BCUT2D eigenvalue weighted by Crippen LogP contribution is -2.44. The van der Waals surface area contributed by atoms with Gasteiger partial charge in [0.2, 0.25) is 0 Å². The van der Waals surface area contributed by atoms with Gasteiger partial charge in [0.15, 0.2) is 0 Å². The lowest BCUT2D eigenvalue weighted by atomic mass is 10.0. The Bertz CT molecular complexity index is 1300. The second kappa shape index (κ2) is 7.42. The average molecular weight is 401 g/mol. The number of fused-ring (bicyclic) bond motifs is 2. The number of H-pyrrole nitrogens is 1. The summed E-state index contributed by atoms with van der Waals surface area (Å²) in [7, 11) is 0. The van der Waals surface area contributed by atoms with Crippen LogP contribution < -0.4 is 10.9 Å². The second-order valence-corrected chi connectivity index (χ2v) is 8.11. The van der Waals surface area contributed by atoms with Gasteiger partial charge >= 0.3 is 0 Å². The number of nitrogens with one attached hydrogen (secondary N) is 2. The first kappa shape index (κ1) is 18.6. The van der Waals surface area contributed by atoms with E-state index >= 15 is 0 Å². The Kier molecular flexibility index (Phi) is 4.59. The van der Waals surface area contributed by atoms with Gasteiger partial charge in [0.25, 0.3) is 11.5 Å². The van der Waals surface area contributed by atoms with Crippen LogP contribution in [0.4, 0.5) is 0 Å². The molecule has 152 valence electrons. The molecule has 5 rings (SSSR count). The van der Waals surface area contributed by atoms with Crippen LogP contribution in [-0.4, -0.2) is 38.3 Å². The van der Waals surface area contributed by atoms with Crippen molar-refractivity contribution in [1.29, 1.82) is 0 Å². The number of rotatable bonds is 5. The van der Waals surface area contributed by atoms with E-state index in [0.717, 1.165) is 42.0 Å². The Morgan fingerprint density at radius 3 is 2.90 bits per heavy atom. The van der Waals surface area contributed by atoms with Crippen LogP contribution in [0, 0.1) is 5.92 Å². The number of likely N-dealkylation sites (tertiary alicyclic amines) is 1. The van der Waals surface area contributed by atoms with Crippen molar-refractivity contribution < 1.29 is 4.79 Å². The Hall–Kier alpha value is -3.45. The minimum Gasteiger partial charge on any atom is -0.357 e. The summed E-state index contributed by atoms with van der Waals surface area (Å²) in [6.45, 7) is 5.88. The van der Waals surface area contributed by atoms with E-state index in [-0.39, 0.29) is 17.2 Å². The third-order valence-corrected chi connectivity index (χ3v) is 5.53. The van der Waals surface area contributed by atoms with Crippen LogP contribution in [0.25, 0.3) is 16.6 Å². The molecule has 0 atom stereocenters. The van der Waals surface area contributed by atoms with Crippen molar-refractivity contribution in [3.63, 3.8) is 0 Å². The predicted octanol–water partition coefficient (Wildman–Crippen LogP) is 2.56. The quantitative estimate of drug-likeness (QED) is 0.538. The lowest BCUT2D eigenvalue weighted by Gasteiger charge is -2.36. The third kappa shape index (κ3) is 3.59. The van der Waals surface area contributed by atoms with Crippen LogP contribution in [0.1, 0.15) is 28.7 Å². The summed E-state index contributed by atoms with van der Waals surface area (Å²) in [5, 5.41) is 4.03. The minimum absolute atomic E-state index is 0.123. The zero-order valence-corrected chi connectivity index (χ0v) is 16.8. The van der Waals surface area contributed by atoms with Gasteiger partial charge in [-0.3, -0.25) is 18.9 Å². The monoisotopic (exact) mass is 401 g/mol. The summed E-state index contributed by atoms with van der Waals surface area (Å²) in [5.41, 5.74) is 3.55. The highest BCUT2D eigenvalue weighted by Crippen LogP contribution is 2.21. The van der Waals surface area contributed by atoms with Crippen LogP contribution in [0.5, 0.6) is 0 Å². The van der Waals surface area contributed by atoms with Crippen molar-refractivity contribution in [2.24, 2.45) is 5.92 Å². The standard InChI is InChI=1S/C23H23N5O2/c1-15-12-27(13-15)14-18-9-17-6-5-16(8-19(17)25-18)11-24-23(30)20-10-22(29)28-7-3-2-4-21(28)26-20/h2-10,15,25H,11-14H2,1H3,(H,24,30). The number of hydrogen-bond donors (Lipinski definition) is 2. The molecule has 7 nitrogen and oxygen atoms in total. The van der Waals surface area contributed by atoms with Gasteiger partial charge in [0, 0.05) is 49.7 Å². The van der Waals surface area contributed by atoms with Gasteiger partial charge in [0.1, 0.15) is 11.3 Å². The Morgan fingerprint density at radius 2 is 2.07 bits per heavy atom. The van der Waals surface area contributed by atoms with E-state index in [2.05, 4.69) is 45.3 Å². The molecule has 0 spiro atoms. The molecule has 30 heavy (non-hydrogen) atoms. The van der Waals surface area contributed by atoms with Crippen molar-refractivity contribution in [3.8, 4) is 0 Å². The van der Waals surface area contributed by atoms with Crippen LogP contribution in [0.15, 0.2) is 59.5 Å². The summed E-state index contributed by atoms with van der Waals surface area (Å²) in [6, 6.07) is 14.8. The summed E-state index contributed by atoms with van der Waals surface area (Å²) < 4.78 is 1.41. The summed E-state index contributed by atoms with van der Waals surface area (Å²) in [4.78, 5) is 34.9. The van der Waals surface area contributed by atoms with E-state index in [4.69, 9.17) is 0 Å². The van der Waals surface area contributed by atoms with Crippen molar-refractivity contribution >= 4 is 22.5 Å². The number of hydrogen-bond acceptors (Lipinski definition) is 4. The van der Waals surface area contributed by atoms with Gasteiger partial charge in [-0.1, -0.05) is 25.1 Å². The van der Waals surface area contributed by atoms with Crippen LogP contribution in [0.3, 0.4) is 0 Å². The van der Waals surface area contributed by atoms with Crippen LogP contribution in [0.2, 0.25) is 0 Å². The molecule has 1 aliphatic rings. The van der Waals surface area contributed by atoms with Crippen molar-refractivity contribution in [2.45, 2.75) is 20.0 Å². The van der Waals surface area contributed by atoms with Gasteiger partial charge in [-0.2, -0.15) is 0 Å². The molecule has 0 radical (unpaired) electrons. The zero-order chi connectivity index (χ0) is 20.7. The first-order valence-corrected chi connectivity index (χ1v) is 10.1. The average Bonchev–Trinajstić information content (AvgIpc) is 3.12. The van der Waals surface area contributed by atoms with Crippen LogP contribution >= 0.6 is 0 Å². The SMILES string of the molecule is CC1CN(Cc2cc3ccc(CNC(=O)c4cc(=O)n5ccccc5n4)cc3[nH]2)C1. The van der Waals surface area contributed by atoms with Crippen molar-refractivity contribution in [2.75, 3.05) is 13.1 Å². The van der Waals surface area contributed by atoms with E-state index in [0.29, 0.717) is 12.2 Å². The topological polar surface area (TPSA) is 82.5 Å². The van der Waals surface area contributed by atoms with Gasteiger partial charge in [0.05, 0.1) is 0 Å². The molecular formula is C23H23N5O2. The minimum atomic E-state index is -0.363. The van der Waals surface area contributed by atoms with Gasteiger partial charge in [-0.25, -0.2) is 4.98 Å². The largest absolute Gasteiger partial charge is 0.357 e. The number of carbonyl (C=O) groups excluding carboxylic acids is 1. The Labute approximate surface area is 173 Å². The number of carbonyl (C=O) groups is 1. The molecular weight excluding hydrogens is 378 g/mol. The maximum absolute atomic E-state index is 12.5. The third-order valence-electron chi connectivity index (χ3n) is 5.53. The molecule has 1 aliphatic heterocycles. The fraction of sp³-hybridized carbons (Fsp3) is 0.261. The number of aromatic amines is 1. The van der Waals surface area contributed by atoms with E-state index in [9.17, 15) is 9.59 Å². The Morgan fingerprint density at radius 1 is 1.20 bits per heavy atom. The first-order chi connectivity index (χ1) is 14.5. The highest BCUT2D eigenvalue weighted by Gasteiger charge is 2.22. The smallest absolute Gasteiger partial charge is 0.270 e. The maximum atomic E-state index is 12.5. The van der Waals surface area contributed by atoms with E-state index < -0.39 is 0 Å². The summed E-state index contributed by atoms with van der Waals surface area (Å²) in [5.74, 6) is 0.426. The molecule has 1 fully saturated rings. The molecule has 1 aromatic carbocycles. The fourth-order valence-corrected chi connectivity index (χ4v) is 4.07. The maximum Gasteiger partial charge on any atom is 0.270 e. The van der Waals surface area contributed by atoms with Crippen LogP contribution in [-0.2, 0) is 13.1 Å². The molecule has 2 N–H and O–H groups in total. The normalized spacial score (nSPS) is 14.8. The lowest BCUT2D eigenvalue weighted by molar-refractivity contribution is 0.0946. The molecule has 4 aromatic rings.